The van der Waals surface area contributed by atoms with Crippen molar-refractivity contribution in [3.8, 4) is 23.1 Å². The van der Waals surface area contributed by atoms with Gasteiger partial charge in [0.25, 0.3) is 0 Å². The molecule has 160 valence electrons. The minimum atomic E-state index is -4.72. The van der Waals surface area contributed by atoms with Crippen LogP contribution in [0.15, 0.2) is 54.7 Å². The third-order valence-electron chi connectivity index (χ3n) is 5.60. The first-order valence-electron chi connectivity index (χ1n) is 10.3. The lowest BCUT2D eigenvalue weighted by molar-refractivity contribution is -0.274. The quantitative estimate of drug-likeness (QED) is 0.474. The van der Waals surface area contributed by atoms with Gasteiger partial charge in [-0.05, 0) is 54.8 Å². The van der Waals surface area contributed by atoms with E-state index < -0.39 is 6.36 Å². The van der Waals surface area contributed by atoms with Gasteiger partial charge >= 0.3 is 6.36 Å². The molecule has 0 N–H and O–H groups in total. The molecule has 0 spiro atoms. The van der Waals surface area contributed by atoms with Crippen LogP contribution >= 0.6 is 0 Å². The van der Waals surface area contributed by atoms with Crippen molar-refractivity contribution in [2.24, 2.45) is 0 Å². The molecule has 7 heteroatoms. The van der Waals surface area contributed by atoms with Gasteiger partial charge in [0.05, 0.1) is 23.4 Å². The number of halogens is 3. The van der Waals surface area contributed by atoms with Crippen molar-refractivity contribution in [3.63, 3.8) is 0 Å². The molecular formula is C24H22F3N3O. The van der Waals surface area contributed by atoms with E-state index in [0.717, 1.165) is 35.2 Å². The summed E-state index contributed by atoms with van der Waals surface area (Å²) >= 11 is 0. The van der Waals surface area contributed by atoms with Gasteiger partial charge in [0.1, 0.15) is 5.75 Å². The number of ether oxygens (including phenoxy) is 1. The van der Waals surface area contributed by atoms with Crippen LogP contribution in [0.4, 0.5) is 13.2 Å². The molecule has 0 bridgehead atoms. The largest absolute Gasteiger partial charge is 0.573 e. The van der Waals surface area contributed by atoms with Gasteiger partial charge in [0.2, 0.25) is 0 Å². The van der Waals surface area contributed by atoms with Crippen LogP contribution in [0.25, 0.3) is 11.3 Å². The number of nitriles is 1. The monoisotopic (exact) mass is 425 g/mol. The molecule has 0 atom stereocenters. The third kappa shape index (κ3) is 5.26. The molecule has 1 aliphatic carbocycles. The Morgan fingerprint density at radius 1 is 1.00 bits per heavy atom. The van der Waals surface area contributed by atoms with Crippen LogP contribution in [0.2, 0.25) is 0 Å². The van der Waals surface area contributed by atoms with Crippen molar-refractivity contribution in [3.05, 3.63) is 71.4 Å². The number of nitrogens with zero attached hydrogens (tertiary/aromatic N) is 3. The van der Waals surface area contributed by atoms with Gasteiger partial charge in [0, 0.05) is 23.7 Å². The predicted molar refractivity (Wildman–Crippen MR) is 110 cm³/mol. The molecule has 1 saturated carbocycles. The van der Waals surface area contributed by atoms with Crippen LogP contribution in [0.5, 0.6) is 5.75 Å². The van der Waals surface area contributed by atoms with Gasteiger partial charge in [-0.3, -0.25) is 4.68 Å². The number of benzene rings is 2. The Bertz CT molecular complexity index is 1060. The van der Waals surface area contributed by atoms with Crippen LogP contribution in [-0.4, -0.2) is 16.1 Å². The molecule has 0 amide bonds. The summed E-state index contributed by atoms with van der Waals surface area (Å²) in [5.41, 5.74) is 4.14. The van der Waals surface area contributed by atoms with Gasteiger partial charge < -0.3 is 4.74 Å². The second-order valence-corrected chi connectivity index (χ2v) is 7.83. The van der Waals surface area contributed by atoms with E-state index in [9.17, 15) is 13.2 Å². The summed E-state index contributed by atoms with van der Waals surface area (Å²) < 4.78 is 43.4. The maximum absolute atomic E-state index is 12.5. The predicted octanol–water partition coefficient (Wildman–Crippen LogP) is 6.42. The highest BCUT2D eigenvalue weighted by atomic mass is 19.4. The van der Waals surface area contributed by atoms with Gasteiger partial charge in [-0.1, -0.05) is 31.4 Å². The molecule has 3 aromatic rings. The summed E-state index contributed by atoms with van der Waals surface area (Å²) in [4.78, 5) is 0. The maximum Gasteiger partial charge on any atom is 0.573 e. The van der Waals surface area contributed by atoms with Crippen LogP contribution in [0, 0.1) is 11.3 Å². The summed E-state index contributed by atoms with van der Waals surface area (Å²) in [6, 6.07) is 15.7. The lowest BCUT2D eigenvalue weighted by Crippen LogP contribution is -2.16. The van der Waals surface area contributed by atoms with Crippen LogP contribution in [0.1, 0.15) is 54.8 Å². The number of hydrogen-bond donors (Lipinski definition) is 0. The van der Waals surface area contributed by atoms with Crippen molar-refractivity contribution in [2.45, 2.75) is 50.9 Å². The molecule has 1 aromatic heterocycles. The van der Waals surface area contributed by atoms with E-state index in [4.69, 9.17) is 10.4 Å². The van der Waals surface area contributed by atoms with Crippen molar-refractivity contribution in [2.75, 3.05) is 0 Å². The Labute approximate surface area is 178 Å². The molecule has 0 aliphatic heterocycles. The molecule has 0 radical (unpaired) electrons. The molecule has 31 heavy (non-hydrogen) atoms. The highest BCUT2D eigenvalue weighted by Gasteiger charge is 2.31. The van der Waals surface area contributed by atoms with Gasteiger partial charge in [-0.25, -0.2) is 0 Å². The zero-order chi connectivity index (χ0) is 21.8. The topological polar surface area (TPSA) is 50.8 Å². The minimum Gasteiger partial charge on any atom is -0.406 e. The fourth-order valence-electron chi connectivity index (χ4n) is 4.07. The Hall–Kier alpha value is -3.27. The van der Waals surface area contributed by atoms with E-state index in [2.05, 4.69) is 17.0 Å². The lowest BCUT2D eigenvalue weighted by atomic mass is 9.96. The summed E-state index contributed by atoms with van der Waals surface area (Å²) in [6.07, 6.45) is 3.71. The Morgan fingerprint density at radius 3 is 2.29 bits per heavy atom. The average molecular weight is 425 g/mol. The van der Waals surface area contributed by atoms with Crippen molar-refractivity contribution < 1.29 is 17.9 Å². The van der Waals surface area contributed by atoms with Crippen molar-refractivity contribution >= 4 is 0 Å². The molecule has 1 heterocycles. The van der Waals surface area contributed by atoms with Gasteiger partial charge in [-0.15, -0.1) is 13.2 Å². The van der Waals surface area contributed by atoms with E-state index in [1.165, 1.54) is 31.4 Å². The smallest absolute Gasteiger partial charge is 0.406 e. The maximum atomic E-state index is 12.5. The third-order valence-corrected chi connectivity index (χ3v) is 5.60. The van der Waals surface area contributed by atoms with Gasteiger partial charge in [0.15, 0.2) is 0 Å². The molecule has 0 unspecified atom stereocenters. The van der Waals surface area contributed by atoms with Crippen molar-refractivity contribution in [1.29, 1.82) is 5.26 Å². The van der Waals surface area contributed by atoms with Crippen LogP contribution in [-0.2, 0) is 6.42 Å². The number of aromatic nitrogens is 2. The first kappa shape index (κ1) is 21.0. The standard InChI is InChI=1S/C24H22F3N3O/c25-24(26,27)31-22-12-10-19(11-13-22)23-20(14-17-6-8-18(15-28)9-7-17)16-30(29-23)21-4-2-1-3-5-21/h6-13,16,21H,1-5,14H2. The number of alkyl halides is 3. The van der Waals surface area contributed by atoms with Crippen LogP contribution in [0.3, 0.4) is 0 Å². The van der Waals surface area contributed by atoms with E-state index in [1.54, 1.807) is 24.3 Å². The van der Waals surface area contributed by atoms with Crippen LogP contribution < -0.4 is 4.74 Å². The Balaban J connectivity index is 1.65. The molecule has 4 rings (SSSR count). The second kappa shape index (κ2) is 8.84. The highest BCUT2D eigenvalue weighted by molar-refractivity contribution is 5.64. The zero-order valence-electron chi connectivity index (χ0n) is 16.9. The molecule has 4 nitrogen and oxygen atoms in total. The molecular weight excluding hydrogens is 403 g/mol. The summed E-state index contributed by atoms with van der Waals surface area (Å²) in [6.45, 7) is 0. The fourth-order valence-corrected chi connectivity index (χ4v) is 4.07. The van der Waals surface area contributed by atoms with E-state index in [-0.39, 0.29) is 5.75 Å². The first-order valence-corrected chi connectivity index (χ1v) is 10.3. The Kier molecular flexibility index (Phi) is 5.99. The summed E-state index contributed by atoms with van der Waals surface area (Å²) in [5.74, 6) is -0.253. The summed E-state index contributed by atoms with van der Waals surface area (Å²) in [5, 5.41) is 13.8. The SMILES string of the molecule is N#Cc1ccc(Cc2cn(C3CCCCC3)nc2-c2ccc(OC(F)(F)F)cc2)cc1. The highest BCUT2D eigenvalue weighted by Crippen LogP contribution is 2.33. The number of hydrogen-bond acceptors (Lipinski definition) is 3. The minimum absolute atomic E-state index is 0.253. The van der Waals surface area contributed by atoms with Gasteiger partial charge in [-0.2, -0.15) is 10.4 Å². The first-order chi connectivity index (χ1) is 14.9. The normalized spacial score (nSPS) is 14.9. The average Bonchev–Trinajstić information content (AvgIpc) is 3.18. The molecule has 1 fully saturated rings. The summed E-state index contributed by atoms with van der Waals surface area (Å²) in [7, 11) is 0. The molecule has 2 aromatic carbocycles. The Morgan fingerprint density at radius 2 is 1.68 bits per heavy atom. The van der Waals surface area contributed by atoms with E-state index in [1.807, 2.05) is 16.8 Å². The van der Waals surface area contributed by atoms with E-state index >= 15 is 0 Å². The number of rotatable bonds is 5. The second-order valence-electron chi connectivity index (χ2n) is 7.83. The van der Waals surface area contributed by atoms with Crippen molar-refractivity contribution in [1.82, 2.24) is 9.78 Å². The molecule has 0 saturated heterocycles. The van der Waals surface area contributed by atoms with E-state index in [0.29, 0.717) is 18.0 Å². The zero-order valence-corrected chi connectivity index (χ0v) is 16.9. The molecule has 1 aliphatic rings. The lowest BCUT2D eigenvalue weighted by Gasteiger charge is -2.21. The fraction of sp³-hybridized carbons (Fsp3) is 0.333.